The summed E-state index contributed by atoms with van der Waals surface area (Å²) in [5.41, 5.74) is -2.19. The number of nitro groups is 1. The van der Waals surface area contributed by atoms with E-state index in [0.29, 0.717) is 6.54 Å². The van der Waals surface area contributed by atoms with Crippen molar-refractivity contribution in [3.63, 3.8) is 0 Å². The number of halogens is 1. The molecule has 98 valence electrons. The van der Waals surface area contributed by atoms with Crippen LogP contribution in [0.4, 0.5) is 5.69 Å². The molecule has 1 N–H and O–H groups in total. The minimum absolute atomic E-state index is 0.0318. The Hall–Kier alpha value is -1.44. The molecule has 1 aliphatic rings. The van der Waals surface area contributed by atoms with Gasteiger partial charge in [0.2, 0.25) is 0 Å². The first-order chi connectivity index (χ1) is 8.47. The standard InChI is InChI=1S/C10H12BrN3O4/c11-5-10(2-1-3-10)6-13-4-7(14(17)18)8(15)12-9(13)16/h4H,1-3,5-6H2,(H,12,15,16). The summed E-state index contributed by atoms with van der Waals surface area (Å²) in [7, 11) is 0. The smallest absolute Gasteiger partial charge is 0.293 e. The normalized spacial score (nSPS) is 17.2. The minimum Gasteiger partial charge on any atom is -0.293 e. The van der Waals surface area contributed by atoms with Crippen LogP contribution in [-0.4, -0.2) is 19.8 Å². The molecule has 0 spiro atoms. The Balaban J connectivity index is 2.39. The molecule has 2 rings (SSSR count). The summed E-state index contributed by atoms with van der Waals surface area (Å²) in [6.45, 7) is 0.384. The van der Waals surface area contributed by atoms with E-state index in [1.807, 2.05) is 4.98 Å². The maximum Gasteiger partial charge on any atom is 0.350 e. The number of aromatic amines is 1. The molecule has 0 saturated heterocycles. The molecular formula is C10H12BrN3O4. The molecule has 1 saturated carbocycles. The fraction of sp³-hybridized carbons (Fsp3) is 0.600. The van der Waals surface area contributed by atoms with Gasteiger partial charge in [0.25, 0.3) is 0 Å². The number of alkyl halides is 1. The maximum atomic E-state index is 11.6. The summed E-state index contributed by atoms with van der Waals surface area (Å²) in [6.07, 6.45) is 4.06. The van der Waals surface area contributed by atoms with Gasteiger partial charge in [0.1, 0.15) is 0 Å². The van der Waals surface area contributed by atoms with E-state index in [-0.39, 0.29) is 5.41 Å². The molecule has 7 nitrogen and oxygen atoms in total. The average molecular weight is 318 g/mol. The van der Waals surface area contributed by atoms with Gasteiger partial charge in [-0.3, -0.25) is 24.5 Å². The summed E-state index contributed by atoms with van der Waals surface area (Å²) in [4.78, 5) is 34.7. The fourth-order valence-electron chi connectivity index (χ4n) is 2.12. The Morgan fingerprint density at radius 1 is 1.50 bits per heavy atom. The third-order valence-electron chi connectivity index (χ3n) is 3.39. The van der Waals surface area contributed by atoms with Gasteiger partial charge < -0.3 is 0 Å². The predicted octanol–water partition coefficient (Wildman–Crippen LogP) is 1.01. The van der Waals surface area contributed by atoms with E-state index in [9.17, 15) is 19.7 Å². The summed E-state index contributed by atoms with van der Waals surface area (Å²) in [5.74, 6) is 0. The summed E-state index contributed by atoms with van der Waals surface area (Å²) >= 11 is 3.41. The lowest BCUT2D eigenvalue weighted by molar-refractivity contribution is -0.386. The SMILES string of the molecule is O=c1[nH]c(=O)n(CC2(CBr)CCC2)cc1[N+](=O)[O-]. The first-order valence-corrected chi connectivity index (χ1v) is 6.64. The van der Waals surface area contributed by atoms with Gasteiger partial charge in [-0.25, -0.2) is 4.79 Å². The van der Waals surface area contributed by atoms with Crippen LogP contribution in [0, 0.1) is 15.5 Å². The van der Waals surface area contributed by atoms with Crippen molar-refractivity contribution in [2.75, 3.05) is 5.33 Å². The molecule has 1 aromatic rings. The molecule has 1 aromatic heterocycles. The molecule has 0 atom stereocenters. The van der Waals surface area contributed by atoms with E-state index in [0.717, 1.165) is 30.8 Å². The number of nitrogens with one attached hydrogen (secondary N) is 1. The monoisotopic (exact) mass is 317 g/mol. The number of H-pyrrole nitrogens is 1. The fourth-order valence-corrected chi connectivity index (χ4v) is 2.86. The van der Waals surface area contributed by atoms with Gasteiger partial charge in [0.05, 0.1) is 11.1 Å². The highest BCUT2D eigenvalue weighted by molar-refractivity contribution is 9.09. The lowest BCUT2D eigenvalue weighted by atomic mass is 9.70. The van der Waals surface area contributed by atoms with E-state index in [1.54, 1.807) is 0 Å². The second-order valence-corrected chi connectivity index (χ2v) is 5.21. The first-order valence-electron chi connectivity index (χ1n) is 5.52. The first kappa shape index (κ1) is 13.0. The third kappa shape index (κ3) is 2.24. The van der Waals surface area contributed by atoms with Gasteiger partial charge in [-0.2, -0.15) is 0 Å². The maximum absolute atomic E-state index is 11.6. The van der Waals surface area contributed by atoms with Crippen molar-refractivity contribution < 1.29 is 4.92 Å². The van der Waals surface area contributed by atoms with Gasteiger partial charge >= 0.3 is 16.9 Å². The van der Waals surface area contributed by atoms with Crippen LogP contribution in [-0.2, 0) is 6.54 Å². The van der Waals surface area contributed by atoms with Gasteiger partial charge in [-0.15, -0.1) is 0 Å². The summed E-state index contributed by atoms with van der Waals surface area (Å²) in [5, 5.41) is 11.4. The Morgan fingerprint density at radius 2 is 2.17 bits per heavy atom. The minimum atomic E-state index is -0.956. The average Bonchev–Trinajstić information content (AvgIpc) is 2.25. The van der Waals surface area contributed by atoms with E-state index in [1.165, 1.54) is 4.57 Å². The third-order valence-corrected chi connectivity index (χ3v) is 4.58. The van der Waals surface area contributed by atoms with E-state index in [4.69, 9.17) is 0 Å². The quantitative estimate of drug-likeness (QED) is 0.509. The number of hydrogen-bond donors (Lipinski definition) is 1. The lowest BCUT2D eigenvalue weighted by Crippen LogP contribution is -2.41. The highest BCUT2D eigenvalue weighted by Crippen LogP contribution is 2.43. The molecule has 0 bridgehead atoms. The molecular weight excluding hydrogens is 306 g/mol. The van der Waals surface area contributed by atoms with Crippen LogP contribution in [0.3, 0.4) is 0 Å². The number of aromatic nitrogens is 2. The van der Waals surface area contributed by atoms with Crippen LogP contribution in [0.5, 0.6) is 0 Å². The van der Waals surface area contributed by atoms with Crippen molar-refractivity contribution in [3.05, 3.63) is 37.1 Å². The van der Waals surface area contributed by atoms with Crippen molar-refractivity contribution in [3.8, 4) is 0 Å². The second kappa shape index (κ2) is 4.68. The van der Waals surface area contributed by atoms with Crippen molar-refractivity contribution in [2.45, 2.75) is 25.8 Å². The zero-order valence-electron chi connectivity index (χ0n) is 9.52. The predicted molar refractivity (Wildman–Crippen MR) is 68.1 cm³/mol. The summed E-state index contributed by atoms with van der Waals surface area (Å²) < 4.78 is 1.22. The molecule has 0 radical (unpaired) electrons. The van der Waals surface area contributed by atoms with Crippen LogP contribution in [0.2, 0.25) is 0 Å². The van der Waals surface area contributed by atoms with Crippen molar-refractivity contribution in [1.82, 2.24) is 9.55 Å². The van der Waals surface area contributed by atoms with Gasteiger partial charge in [-0.05, 0) is 18.3 Å². The molecule has 1 aliphatic carbocycles. The van der Waals surface area contributed by atoms with Crippen molar-refractivity contribution in [2.24, 2.45) is 5.41 Å². The zero-order chi connectivity index (χ0) is 13.3. The van der Waals surface area contributed by atoms with Crippen LogP contribution in [0.15, 0.2) is 15.8 Å². The molecule has 0 aromatic carbocycles. The number of hydrogen-bond acceptors (Lipinski definition) is 4. The van der Waals surface area contributed by atoms with Crippen molar-refractivity contribution in [1.29, 1.82) is 0 Å². The van der Waals surface area contributed by atoms with Gasteiger partial charge in [0, 0.05) is 11.9 Å². The zero-order valence-corrected chi connectivity index (χ0v) is 11.1. The Bertz CT molecular complexity index is 582. The topological polar surface area (TPSA) is 98.0 Å². The molecule has 1 fully saturated rings. The van der Waals surface area contributed by atoms with Crippen LogP contribution < -0.4 is 11.2 Å². The number of rotatable bonds is 4. The largest absolute Gasteiger partial charge is 0.350 e. The Kier molecular flexibility index (Phi) is 3.38. The number of nitrogens with zero attached hydrogens (tertiary/aromatic N) is 2. The Labute approximate surface area is 110 Å². The highest BCUT2D eigenvalue weighted by Gasteiger charge is 2.36. The van der Waals surface area contributed by atoms with Crippen LogP contribution in [0.25, 0.3) is 0 Å². The van der Waals surface area contributed by atoms with Gasteiger partial charge in [0.15, 0.2) is 0 Å². The van der Waals surface area contributed by atoms with E-state index >= 15 is 0 Å². The van der Waals surface area contributed by atoms with E-state index in [2.05, 4.69) is 15.9 Å². The van der Waals surface area contributed by atoms with Crippen LogP contribution in [0.1, 0.15) is 19.3 Å². The molecule has 0 unspecified atom stereocenters. The molecule has 1 heterocycles. The van der Waals surface area contributed by atoms with E-state index < -0.39 is 21.9 Å². The molecule has 8 heteroatoms. The molecule has 18 heavy (non-hydrogen) atoms. The summed E-state index contributed by atoms with van der Waals surface area (Å²) in [6, 6.07) is 0. The highest BCUT2D eigenvalue weighted by atomic mass is 79.9. The lowest BCUT2D eigenvalue weighted by Gasteiger charge is -2.40. The molecule has 0 aliphatic heterocycles. The van der Waals surface area contributed by atoms with Crippen molar-refractivity contribution >= 4 is 21.6 Å². The van der Waals surface area contributed by atoms with Gasteiger partial charge in [-0.1, -0.05) is 22.4 Å². The second-order valence-electron chi connectivity index (χ2n) is 4.65. The van der Waals surface area contributed by atoms with Crippen LogP contribution >= 0.6 is 15.9 Å². The molecule has 0 amide bonds. The Morgan fingerprint density at radius 3 is 2.61 bits per heavy atom.